The lowest BCUT2D eigenvalue weighted by Crippen LogP contribution is -2.05. The standard InChI is InChI=1S/C19H14INO3/c1-2-10-23-17-9-4-3-6-13(17)12-16-19(22)24-18(21-16)14-7-5-8-15(20)11-14/h2-9,11-12H,1,10H2/b16-12+. The summed E-state index contributed by atoms with van der Waals surface area (Å²) in [5, 5.41) is 0. The van der Waals surface area contributed by atoms with Gasteiger partial charge in [0.15, 0.2) is 5.70 Å². The summed E-state index contributed by atoms with van der Waals surface area (Å²) in [6, 6.07) is 15.1. The minimum atomic E-state index is -0.470. The van der Waals surface area contributed by atoms with Crippen LogP contribution in [-0.2, 0) is 9.53 Å². The van der Waals surface area contributed by atoms with Crippen molar-refractivity contribution in [3.8, 4) is 5.75 Å². The minimum absolute atomic E-state index is 0.249. The van der Waals surface area contributed by atoms with Gasteiger partial charge in [-0.3, -0.25) is 0 Å². The molecule has 0 amide bonds. The smallest absolute Gasteiger partial charge is 0.363 e. The van der Waals surface area contributed by atoms with Crippen LogP contribution in [0.15, 0.2) is 71.9 Å². The van der Waals surface area contributed by atoms with E-state index in [1.54, 1.807) is 12.2 Å². The van der Waals surface area contributed by atoms with Crippen LogP contribution in [0.1, 0.15) is 11.1 Å². The zero-order valence-corrected chi connectivity index (χ0v) is 14.9. The number of hydrogen-bond acceptors (Lipinski definition) is 4. The Morgan fingerprint density at radius 1 is 1.21 bits per heavy atom. The zero-order valence-electron chi connectivity index (χ0n) is 12.7. The van der Waals surface area contributed by atoms with E-state index in [0.717, 1.165) is 14.7 Å². The van der Waals surface area contributed by atoms with E-state index in [-0.39, 0.29) is 5.70 Å². The van der Waals surface area contributed by atoms with Crippen molar-refractivity contribution < 1.29 is 14.3 Å². The molecule has 0 N–H and O–H groups in total. The number of carbonyl (C=O) groups excluding carboxylic acids is 1. The van der Waals surface area contributed by atoms with Gasteiger partial charge < -0.3 is 9.47 Å². The van der Waals surface area contributed by atoms with Gasteiger partial charge in [-0.05, 0) is 52.9 Å². The highest BCUT2D eigenvalue weighted by atomic mass is 127. The highest BCUT2D eigenvalue weighted by molar-refractivity contribution is 14.1. The quantitative estimate of drug-likeness (QED) is 0.309. The van der Waals surface area contributed by atoms with Gasteiger partial charge in [-0.15, -0.1) is 0 Å². The summed E-state index contributed by atoms with van der Waals surface area (Å²) in [5.74, 6) is 0.507. The zero-order chi connectivity index (χ0) is 16.9. The fourth-order valence-corrected chi connectivity index (χ4v) is 2.72. The lowest BCUT2D eigenvalue weighted by Gasteiger charge is -2.06. The molecule has 0 radical (unpaired) electrons. The number of aliphatic imine (C=N–C) groups is 1. The molecule has 0 atom stereocenters. The first-order valence-corrected chi connectivity index (χ1v) is 8.36. The highest BCUT2D eigenvalue weighted by Crippen LogP contribution is 2.25. The lowest BCUT2D eigenvalue weighted by atomic mass is 10.1. The fraction of sp³-hybridized carbons (Fsp3) is 0.0526. The largest absolute Gasteiger partial charge is 0.489 e. The van der Waals surface area contributed by atoms with Crippen molar-refractivity contribution >= 4 is 40.5 Å². The van der Waals surface area contributed by atoms with Crippen LogP contribution in [0, 0.1) is 3.57 Å². The second-order valence-corrected chi connectivity index (χ2v) is 6.23. The Labute approximate surface area is 153 Å². The van der Waals surface area contributed by atoms with Crippen LogP contribution >= 0.6 is 22.6 Å². The third-order valence-electron chi connectivity index (χ3n) is 3.26. The summed E-state index contributed by atoms with van der Waals surface area (Å²) in [6.45, 7) is 4.02. The maximum Gasteiger partial charge on any atom is 0.363 e. The Hall–Kier alpha value is -2.41. The first kappa shape index (κ1) is 16.4. The topological polar surface area (TPSA) is 47.9 Å². The number of benzene rings is 2. The first-order chi connectivity index (χ1) is 11.7. The molecular formula is C19H14INO3. The Morgan fingerprint density at radius 3 is 2.83 bits per heavy atom. The van der Waals surface area contributed by atoms with E-state index in [1.807, 2.05) is 48.5 Å². The normalized spacial score (nSPS) is 15.1. The molecule has 0 aromatic heterocycles. The third-order valence-corrected chi connectivity index (χ3v) is 3.93. The molecule has 0 fully saturated rings. The van der Waals surface area contributed by atoms with Crippen molar-refractivity contribution in [2.24, 2.45) is 4.99 Å². The van der Waals surface area contributed by atoms with Crippen molar-refractivity contribution in [3.05, 3.63) is 81.6 Å². The van der Waals surface area contributed by atoms with Gasteiger partial charge in [-0.1, -0.05) is 36.9 Å². The van der Waals surface area contributed by atoms with Crippen LogP contribution in [0.2, 0.25) is 0 Å². The molecule has 0 spiro atoms. The average molecular weight is 431 g/mol. The molecule has 0 saturated carbocycles. The maximum atomic E-state index is 12.1. The molecule has 2 aromatic carbocycles. The number of nitrogens with zero attached hydrogens (tertiary/aromatic N) is 1. The van der Waals surface area contributed by atoms with E-state index < -0.39 is 5.97 Å². The summed E-state index contributed by atoms with van der Waals surface area (Å²) in [5.41, 5.74) is 1.78. The summed E-state index contributed by atoms with van der Waals surface area (Å²) < 4.78 is 11.9. The van der Waals surface area contributed by atoms with E-state index in [0.29, 0.717) is 18.3 Å². The van der Waals surface area contributed by atoms with Gasteiger partial charge in [0.1, 0.15) is 12.4 Å². The Balaban J connectivity index is 1.93. The molecule has 0 unspecified atom stereocenters. The van der Waals surface area contributed by atoms with E-state index in [4.69, 9.17) is 9.47 Å². The van der Waals surface area contributed by atoms with E-state index in [1.165, 1.54) is 0 Å². The molecule has 24 heavy (non-hydrogen) atoms. The lowest BCUT2D eigenvalue weighted by molar-refractivity contribution is -0.129. The number of esters is 1. The molecule has 2 aromatic rings. The summed E-state index contributed by atoms with van der Waals surface area (Å²) >= 11 is 2.20. The number of rotatable bonds is 5. The molecule has 0 aliphatic carbocycles. The van der Waals surface area contributed by atoms with Crippen molar-refractivity contribution in [3.63, 3.8) is 0 Å². The number of cyclic esters (lactones) is 1. The van der Waals surface area contributed by atoms with Crippen LogP contribution in [-0.4, -0.2) is 18.5 Å². The molecule has 3 rings (SSSR count). The first-order valence-electron chi connectivity index (χ1n) is 7.28. The van der Waals surface area contributed by atoms with E-state index >= 15 is 0 Å². The van der Waals surface area contributed by atoms with E-state index in [9.17, 15) is 4.79 Å². The molecule has 0 bridgehead atoms. The number of ether oxygens (including phenoxy) is 2. The van der Waals surface area contributed by atoms with Gasteiger partial charge in [0.05, 0.1) is 0 Å². The Kier molecular flexibility index (Phi) is 5.10. The van der Waals surface area contributed by atoms with Gasteiger partial charge in [-0.2, -0.15) is 0 Å². The molecular weight excluding hydrogens is 417 g/mol. The number of carbonyl (C=O) groups is 1. The second kappa shape index (κ2) is 7.44. The van der Waals surface area contributed by atoms with Gasteiger partial charge in [0.2, 0.25) is 5.90 Å². The molecule has 4 nitrogen and oxygen atoms in total. The predicted octanol–water partition coefficient (Wildman–Crippen LogP) is 4.20. The van der Waals surface area contributed by atoms with Crippen molar-refractivity contribution in [1.82, 2.24) is 0 Å². The van der Waals surface area contributed by atoms with Crippen LogP contribution in [0.3, 0.4) is 0 Å². The average Bonchev–Trinajstić information content (AvgIpc) is 2.95. The molecule has 120 valence electrons. The predicted molar refractivity (Wildman–Crippen MR) is 102 cm³/mol. The van der Waals surface area contributed by atoms with Crippen molar-refractivity contribution in [2.75, 3.05) is 6.61 Å². The minimum Gasteiger partial charge on any atom is -0.489 e. The summed E-state index contributed by atoms with van der Waals surface area (Å²) in [6.07, 6.45) is 3.34. The molecule has 1 heterocycles. The van der Waals surface area contributed by atoms with Gasteiger partial charge in [0, 0.05) is 14.7 Å². The SMILES string of the molecule is C=CCOc1ccccc1/C=C1/N=C(c2cccc(I)c2)OC1=O. The van der Waals surface area contributed by atoms with Gasteiger partial charge in [0.25, 0.3) is 0 Å². The monoisotopic (exact) mass is 431 g/mol. The van der Waals surface area contributed by atoms with Crippen LogP contribution in [0.5, 0.6) is 5.75 Å². The second-order valence-electron chi connectivity index (χ2n) is 4.98. The molecule has 5 heteroatoms. The Morgan fingerprint density at radius 2 is 2.04 bits per heavy atom. The molecule has 1 aliphatic rings. The van der Waals surface area contributed by atoms with Crippen molar-refractivity contribution in [2.45, 2.75) is 0 Å². The van der Waals surface area contributed by atoms with Gasteiger partial charge >= 0.3 is 5.97 Å². The van der Waals surface area contributed by atoms with Crippen LogP contribution in [0.4, 0.5) is 0 Å². The number of halogens is 1. The van der Waals surface area contributed by atoms with Crippen molar-refractivity contribution in [1.29, 1.82) is 0 Å². The molecule has 1 aliphatic heterocycles. The summed E-state index contributed by atoms with van der Waals surface area (Å²) in [4.78, 5) is 16.4. The Bertz CT molecular complexity index is 855. The summed E-state index contributed by atoms with van der Waals surface area (Å²) in [7, 11) is 0. The van der Waals surface area contributed by atoms with Crippen LogP contribution < -0.4 is 4.74 Å². The van der Waals surface area contributed by atoms with Gasteiger partial charge in [-0.25, -0.2) is 9.79 Å². The maximum absolute atomic E-state index is 12.1. The van der Waals surface area contributed by atoms with Crippen LogP contribution in [0.25, 0.3) is 6.08 Å². The molecule has 0 saturated heterocycles. The number of para-hydroxylation sites is 1. The number of hydrogen-bond donors (Lipinski definition) is 0. The fourth-order valence-electron chi connectivity index (χ4n) is 2.18. The third kappa shape index (κ3) is 3.73. The highest BCUT2D eigenvalue weighted by Gasteiger charge is 2.24. The van der Waals surface area contributed by atoms with E-state index in [2.05, 4.69) is 34.2 Å².